The Labute approximate surface area is 206 Å². The molecule has 10 nitrogen and oxygen atoms in total. The van der Waals surface area contributed by atoms with Crippen molar-refractivity contribution in [2.24, 2.45) is 17.8 Å². The van der Waals surface area contributed by atoms with E-state index >= 15 is 0 Å². The lowest BCUT2D eigenvalue weighted by atomic mass is 9.81. The average molecular weight is 542 g/mol. The number of aliphatic carboxylic acids is 2. The van der Waals surface area contributed by atoms with Gasteiger partial charge in [0.1, 0.15) is 0 Å². The van der Waals surface area contributed by atoms with E-state index in [2.05, 4.69) is 26.1 Å². The minimum absolute atomic E-state index is 0.465. The molecule has 2 saturated heterocycles. The van der Waals surface area contributed by atoms with Crippen LogP contribution in [0.5, 0.6) is 0 Å². The highest BCUT2D eigenvalue weighted by atomic mass is 19.4. The van der Waals surface area contributed by atoms with E-state index in [9.17, 15) is 26.3 Å². The highest BCUT2D eigenvalue weighted by Crippen LogP contribution is 2.36. The number of halogens is 6. The molecule has 0 bridgehead atoms. The third kappa shape index (κ3) is 9.95. The highest BCUT2D eigenvalue weighted by molar-refractivity contribution is 5.73. The summed E-state index contributed by atoms with van der Waals surface area (Å²) in [5.74, 6) is -2.35. The van der Waals surface area contributed by atoms with Gasteiger partial charge in [0.05, 0.1) is 13.2 Å². The van der Waals surface area contributed by atoms with E-state index in [-0.39, 0.29) is 0 Å². The van der Waals surface area contributed by atoms with Crippen molar-refractivity contribution in [3.05, 3.63) is 41.8 Å². The lowest BCUT2D eigenvalue weighted by Crippen LogP contribution is -2.36. The van der Waals surface area contributed by atoms with Crippen molar-refractivity contribution in [2.45, 2.75) is 32.2 Å². The Morgan fingerprint density at radius 2 is 1.70 bits per heavy atom. The fraction of sp³-hybridized carbons (Fsp3) is 0.571. The zero-order valence-corrected chi connectivity index (χ0v) is 19.4. The fourth-order valence-corrected chi connectivity index (χ4v) is 3.93. The van der Waals surface area contributed by atoms with Crippen molar-refractivity contribution in [1.29, 1.82) is 0 Å². The first-order valence-electron chi connectivity index (χ1n) is 10.7. The van der Waals surface area contributed by atoms with E-state index in [1.165, 1.54) is 5.56 Å². The van der Waals surface area contributed by atoms with Crippen LogP contribution in [0.15, 0.2) is 29.0 Å². The number of alkyl halides is 6. The fourth-order valence-electron chi connectivity index (χ4n) is 3.93. The zero-order valence-electron chi connectivity index (χ0n) is 19.4. The van der Waals surface area contributed by atoms with Crippen LogP contribution in [0.4, 0.5) is 26.3 Å². The summed E-state index contributed by atoms with van der Waals surface area (Å²) >= 11 is 0. The van der Waals surface area contributed by atoms with Gasteiger partial charge in [-0.15, -0.1) is 0 Å². The summed E-state index contributed by atoms with van der Waals surface area (Å²) in [6, 6.07) is 4.15. The quantitative estimate of drug-likeness (QED) is 0.555. The first-order chi connectivity index (χ1) is 17.2. The summed E-state index contributed by atoms with van der Waals surface area (Å²) < 4.78 is 74.6. The zero-order chi connectivity index (χ0) is 27.8. The van der Waals surface area contributed by atoms with Crippen molar-refractivity contribution in [1.82, 2.24) is 20.0 Å². The van der Waals surface area contributed by atoms with Crippen LogP contribution in [-0.2, 0) is 27.3 Å². The predicted octanol–water partition coefficient (Wildman–Crippen LogP) is 2.98. The number of rotatable bonds is 4. The second-order valence-electron chi connectivity index (χ2n) is 8.32. The molecular weight excluding hydrogens is 518 g/mol. The van der Waals surface area contributed by atoms with Crippen LogP contribution in [0.1, 0.15) is 17.3 Å². The number of carboxylic acids is 2. The molecule has 0 saturated carbocycles. The normalized spacial score (nSPS) is 21.6. The Kier molecular flexibility index (Phi) is 10.4. The van der Waals surface area contributed by atoms with Crippen molar-refractivity contribution < 1.29 is 55.4 Å². The average Bonchev–Trinajstić information content (AvgIpc) is 3.40. The minimum atomic E-state index is -5.08. The van der Waals surface area contributed by atoms with Gasteiger partial charge in [-0.25, -0.2) is 9.59 Å². The van der Waals surface area contributed by atoms with Crippen LogP contribution in [0.2, 0.25) is 0 Å². The number of likely N-dealkylation sites (tertiary alicyclic amines) is 1. The van der Waals surface area contributed by atoms with Crippen LogP contribution in [-0.4, -0.2) is 80.8 Å². The molecule has 0 amide bonds. The first-order valence-corrected chi connectivity index (χ1v) is 10.7. The van der Waals surface area contributed by atoms with Crippen LogP contribution in [0, 0.1) is 24.7 Å². The molecule has 0 aliphatic carbocycles. The van der Waals surface area contributed by atoms with Crippen molar-refractivity contribution in [3.63, 3.8) is 0 Å². The molecule has 2 aromatic heterocycles. The van der Waals surface area contributed by atoms with Crippen LogP contribution < -0.4 is 0 Å². The Balaban J connectivity index is 0.000000286. The van der Waals surface area contributed by atoms with Gasteiger partial charge in [-0.3, -0.25) is 9.88 Å². The van der Waals surface area contributed by atoms with E-state index in [0.29, 0.717) is 23.6 Å². The minimum Gasteiger partial charge on any atom is -0.475 e. The summed E-state index contributed by atoms with van der Waals surface area (Å²) in [6.45, 7) is 6.70. The van der Waals surface area contributed by atoms with Gasteiger partial charge in [-0.05, 0) is 36.3 Å². The number of aromatic nitrogens is 3. The molecular formula is C21H24F6N4O6. The SMILES string of the molecule is Cc1noc(C[C@@H]2COC[C@H]3CN(Cc4cccnc4)C[C@@H]23)n1.O=C(O)C(F)(F)F.O=C(O)C(F)(F)F. The topological polar surface area (TPSA) is 139 Å². The maximum Gasteiger partial charge on any atom is 0.490 e. The molecule has 2 aromatic rings. The second-order valence-corrected chi connectivity index (χ2v) is 8.32. The first kappa shape index (κ1) is 30.0. The molecule has 3 atom stereocenters. The lowest BCUT2D eigenvalue weighted by molar-refractivity contribution is -0.193. The number of carbonyl (C=O) groups is 2. The number of carboxylic acid groups (broad SMARTS) is 2. The van der Waals surface area contributed by atoms with Gasteiger partial charge in [0.2, 0.25) is 5.89 Å². The number of aryl methyl sites for hydroxylation is 1. The second kappa shape index (κ2) is 12.8. The maximum absolute atomic E-state index is 10.6. The number of ether oxygens (including phenoxy) is 1. The molecule has 0 spiro atoms. The van der Waals surface area contributed by atoms with Crippen LogP contribution in [0.3, 0.4) is 0 Å². The molecule has 4 rings (SSSR count). The molecule has 206 valence electrons. The molecule has 0 radical (unpaired) electrons. The molecule has 0 unspecified atom stereocenters. The van der Waals surface area contributed by atoms with E-state index in [1.54, 1.807) is 0 Å². The van der Waals surface area contributed by atoms with Gasteiger partial charge in [-0.1, -0.05) is 11.2 Å². The smallest absolute Gasteiger partial charge is 0.475 e. The Morgan fingerprint density at radius 3 is 2.19 bits per heavy atom. The number of fused-ring (bicyclic) bond motifs is 1. The third-order valence-corrected chi connectivity index (χ3v) is 5.46. The Morgan fingerprint density at radius 1 is 1.08 bits per heavy atom. The molecule has 0 aromatic carbocycles. The standard InChI is InChI=1S/C17H22N4O2.2C2HF3O2/c1-12-19-17(23-20-12)5-14-10-22-11-15-8-21(9-16(14)15)7-13-3-2-4-18-6-13;2*3-2(4,5)1(6)7/h2-4,6,14-16H,5,7-11H2,1H3;2*(H,6,7)/t14-,15-,16+;;/m1../s1. The molecule has 2 fully saturated rings. The summed E-state index contributed by atoms with van der Waals surface area (Å²) in [5, 5.41) is 18.1. The van der Waals surface area contributed by atoms with Crippen molar-refractivity contribution >= 4 is 11.9 Å². The van der Waals surface area contributed by atoms with Crippen LogP contribution >= 0.6 is 0 Å². The van der Waals surface area contributed by atoms with Gasteiger partial charge in [0, 0.05) is 38.4 Å². The van der Waals surface area contributed by atoms with Crippen LogP contribution in [0.25, 0.3) is 0 Å². The van der Waals surface area contributed by atoms with Crippen molar-refractivity contribution in [2.75, 3.05) is 26.3 Å². The Hall–Kier alpha value is -3.27. The summed E-state index contributed by atoms with van der Waals surface area (Å²) in [6.07, 6.45) is -5.57. The van der Waals surface area contributed by atoms with Gasteiger partial charge in [0.15, 0.2) is 5.82 Å². The summed E-state index contributed by atoms with van der Waals surface area (Å²) in [5.41, 5.74) is 1.27. The number of nitrogens with zero attached hydrogens (tertiary/aromatic N) is 4. The Bertz CT molecular complexity index is 993. The van der Waals surface area contributed by atoms with Crippen molar-refractivity contribution in [3.8, 4) is 0 Å². The molecule has 16 heteroatoms. The maximum atomic E-state index is 10.6. The summed E-state index contributed by atoms with van der Waals surface area (Å²) in [4.78, 5) is 28.9. The predicted molar refractivity (Wildman–Crippen MR) is 111 cm³/mol. The van der Waals surface area contributed by atoms with E-state index < -0.39 is 24.3 Å². The number of hydrogen-bond donors (Lipinski definition) is 2. The molecule has 37 heavy (non-hydrogen) atoms. The lowest BCUT2D eigenvalue weighted by Gasteiger charge is -2.32. The van der Waals surface area contributed by atoms with Gasteiger partial charge in [-0.2, -0.15) is 31.3 Å². The number of pyridine rings is 1. The molecule has 2 aliphatic heterocycles. The summed E-state index contributed by atoms with van der Waals surface area (Å²) in [7, 11) is 0. The number of hydrogen-bond acceptors (Lipinski definition) is 8. The molecule has 2 N–H and O–H groups in total. The highest BCUT2D eigenvalue weighted by Gasteiger charge is 2.41. The third-order valence-electron chi connectivity index (χ3n) is 5.46. The van der Waals surface area contributed by atoms with Gasteiger partial charge >= 0.3 is 24.3 Å². The van der Waals surface area contributed by atoms with Gasteiger partial charge in [0.25, 0.3) is 0 Å². The van der Waals surface area contributed by atoms with E-state index in [1.807, 2.05) is 25.4 Å². The molecule has 2 aliphatic rings. The van der Waals surface area contributed by atoms with Gasteiger partial charge < -0.3 is 19.5 Å². The molecule has 4 heterocycles. The van der Waals surface area contributed by atoms with E-state index in [0.717, 1.165) is 45.2 Å². The monoisotopic (exact) mass is 542 g/mol. The largest absolute Gasteiger partial charge is 0.490 e. The van der Waals surface area contributed by atoms with E-state index in [4.69, 9.17) is 29.1 Å².